The van der Waals surface area contributed by atoms with E-state index in [0.717, 1.165) is 36.7 Å². The molecular formula is C23H33FN4O3S. The van der Waals surface area contributed by atoms with E-state index >= 15 is 0 Å². The van der Waals surface area contributed by atoms with Gasteiger partial charge in [-0.25, -0.2) is 4.31 Å². The van der Waals surface area contributed by atoms with E-state index in [4.69, 9.17) is 21.7 Å². The van der Waals surface area contributed by atoms with Crippen LogP contribution in [-0.4, -0.2) is 40.4 Å². The fourth-order valence-electron chi connectivity index (χ4n) is 3.13. The number of carbonyl (C=O) groups is 1. The van der Waals surface area contributed by atoms with E-state index in [1.54, 1.807) is 24.1 Å². The van der Waals surface area contributed by atoms with Crippen molar-refractivity contribution in [2.24, 2.45) is 11.7 Å². The topological polar surface area (TPSA) is 123 Å². The van der Waals surface area contributed by atoms with E-state index in [9.17, 15) is 9.32 Å². The summed E-state index contributed by atoms with van der Waals surface area (Å²) in [5, 5.41) is 23.3. The van der Waals surface area contributed by atoms with Gasteiger partial charge in [0.15, 0.2) is 5.75 Å². The van der Waals surface area contributed by atoms with Gasteiger partial charge >= 0.3 is 5.97 Å². The molecule has 1 aliphatic carbocycles. The maximum Gasteiger partial charge on any atom is 0.309 e. The molecule has 9 heteroatoms. The Morgan fingerprint density at radius 1 is 1.38 bits per heavy atom. The molecule has 0 spiro atoms. The van der Waals surface area contributed by atoms with Gasteiger partial charge in [-0.3, -0.25) is 9.74 Å². The summed E-state index contributed by atoms with van der Waals surface area (Å²) in [6.07, 6.45) is 7.52. The van der Waals surface area contributed by atoms with Crippen LogP contribution in [0.5, 0.6) is 5.75 Å². The SMILES string of the molecule is CC.C[C@H]1CCN(Sc2ccc(OF)cc2C=N)C1.N=C(CC(=O)O)C1=CCCC=C1N. The highest BCUT2D eigenvalue weighted by Crippen LogP contribution is 2.32. The Morgan fingerprint density at radius 3 is 2.59 bits per heavy atom. The van der Waals surface area contributed by atoms with E-state index < -0.39 is 5.97 Å². The Bertz CT molecular complexity index is 858. The number of nitrogens with one attached hydrogen (secondary N) is 2. The molecule has 1 aromatic rings. The van der Waals surface area contributed by atoms with Crippen molar-refractivity contribution in [2.45, 2.75) is 51.3 Å². The lowest BCUT2D eigenvalue weighted by atomic mass is 9.98. The smallest absolute Gasteiger partial charge is 0.309 e. The Hall–Kier alpha value is -2.65. The number of halogens is 1. The van der Waals surface area contributed by atoms with Crippen LogP contribution in [-0.2, 0) is 4.79 Å². The monoisotopic (exact) mass is 464 g/mol. The van der Waals surface area contributed by atoms with Gasteiger partial charge in [-0.05, 0) is 55.3 Å². The van der Waals surface area contributed by atoms with E-state index in [-0.39, 0.29) is 17.9 Å². The van der Waals surface area contributed by atoms with Gasteiger partial charge in [0, 0.05) is 45.6 Å². The van der Waals surface area contributed by atoms with Crippen molar-refractivity contribution in [3.63, 3.8) is 0 Å². The van der Waals surface area contributed by atoms with Gasteiger partial charge in [0.25, 0.3) is 0 Å². The summed E-state index contributed by atoms with van der Waals surface area (Å²) in [5.74, 6) is -0.133. The normalized spacial score (nSPS) is 17.6. The number of carboxylic acids is 1. The number of allylic oxidation sites excluding steroid dienone is 3. The fourth-order valence-corrected chi connectivity index (χ4v) is 4.28. The lowest BCUT2D eigenvalue weighted by molar-refractivity contribution is -0.135. The highest BCUT2D eigenvalue weighted by Gasteiger charge is 2.20. The van der Waals surface area contributed by atoms with Crippen LogP contribution in [0.25, 0.3) is 0 Å². The van der Waals surface area contributed by atoms with Gasteiger partial charge < -0.3 is 21.7 Å². The lowest BCUT2D eigenvalue weighted by Gasteiger charge is -2.15. The average molecular weight is 465 g/mol. The van der Waals surface area contributed by atoms with E-state index in [1.807, 2.05) is 26.0 Å². The molecule has 0 unspecified atom stereocenters. The lowest BCUT2D eigenvalue weighted by Crippen LogP contribution is -2.15. The maximum absolute atomic E-state index is 12.0. The van der Waals surface area contributed by atoms with Crippen molar-refractivity contribution in [2.75, 3.05) is 13.1 Å². The van der Waals surface area contributed by atoms with Crippen LogP contribution in [0.2, 0.25) is 0 Å². The second-order valence-corrected chi connectivity index (χ2v) is 8.34. The number of aliphatic carboxylic acids is 1. The zero-order valence-corrected chi connectivity index (χ0v) is 19.7. The van der Waals surface area contributed by atoms with E-state index in [2.05, 4.69) is 16.2 Å². The van der Waals surface area contributed by atoms with Gasteiger partial charge in [0.1, 0.15) is 0 Å². The summed E-state index contributed by atoms with van der Waals surface area (Å²) in [6, 6.07) is 4.91. The van der Waals surface area contributed by atoms with Crippen molar-refractivity contribution in [3.8, 4) is 5.75 Å². The Balaban J connectivity index is 0.000000307. The first-order valence-electron chi connectivity index (χ1n) is 10.7. The Kier molecular flexibility index (Phi) is 12.3. The van der Waals surface area contributed by atoms with Gasteiger partial charge in [0.05, 0.1) is 12.1 Å². The number of hydrogen-bond donors (Lipinski definition) is 4. The Morgan fingerprint density at radius 2 is 2.06 bits per heavy atom. The summed E-state index contributed by atoms with van der Waals surface area (Å²) in [6.45, 7) is 8.35. The maximum atomic E-state index is 12.0. The zero-order valence-electron chi connectivity index (χ0n) is 18.9. The van der Waals surface area contributed by atoms with Crippen LogP contribution in [0.3, 0.4) is 0 Å². The molecule has 176 valence electrons. The van der Waals surface area contributed by atoms with Crippen molar-refractivity contribution in [3.05, 3.63) is 47.2 Å². The van der Waals surface area contributed by atoms with E-state index in [1.165, 1.54) is 18.7 Å². The minimum absolute atomic E-state index is 0.0842. The van der Waals surface area contributed by atoms with Crippen LogP contribution < -0.4 is 10.7 Å². The van der Waals surface area contributed by atoms with E-state index in [0.29, 0.717) is 16.8 Å². The molecule has 0 aromatic heterocycles. The third-order valence-electron chi connectivity index (χ3n) is 4.68. The summed E-state index contributed by atoms with van der Waals surface area (Å²) in [5.41, 5.74) is 7.49. The third-order valence-corrected chi connectivity index (χ3v) is 5.84. The van der Waals surface area contributed by atoms with Crippen LogP contribution >= 0.6 is 11.9 Å². The molecule has 0 radical (unpaired) electrons. The number of benzene rings is 1. The average Bonchev–Trinajstić information content (AvgIpc) is 3.20. The van der Waals surface area contributed by atoms with Crippen molar-refractivity contribution >= 4 is 29.8 Å². The molecule has 1 fully saturated rings. The van der Waals surface area contributed by atoms with Gasteiger partial charge in [-0.1, -0.05) is 32.9 Å². The zero-order chi connectivity index (χ0) is 24.1. The Labute approximate surface area is 193 Å². The minimum atomic E-state index is -0.996. The highest BCUT2D eigenvalue weighted by atomic mass is 32.2. The van der Waals surface area contributed by atoms with Crippen LogP contribution in [0, 0.1) is 16.7 Å². The molecule has 5 N–H and O–H groups in total. The van der Waals surface area contributed by atoms with Gasteiger partial charge in [0.2, 0.25) is 0 Å². The molecule has 1 aromatic carbocycles. The second-order valence-electron chi connectivity index (χ2n) is 7.20. The summed E-state index contributed by atoms with van der Waals surface area (Å²) in [4.78, 5) is 15.0. The molecule has 1 saturated heterocycles. The first-order chi connectivity index (χ1) is 15.3. The van der Waals surface area contributed by atoms with Crippen LogP contribution in [0.4, 0.5) is 4.53 Å². The molecule has 1 atom stereocenters. The molecule has 1 aliphatic heterocycles. The molecule has 3 rings (SSSR count). The first-order valence-corrected chi connectivity index (χ1v) is 11.4. The molecule has 32 heavy (non-hydrogen) atoms. The second kappa shape index (κ2) is 14.4. The number of nitrogens with two attached hydrogens (primary N) is 1. The van der Waals surface area contributed by atoms with Gasteiger partial charge in [-0.2, -0.15) is 0 Å². The predicted octanol–water partition coefficient (Wildman–Crippen LogP) is 5.37. The van der Waals surface area contributed by atoms with Gasteiger partial charge in [-0.15, -0.1) is 0 Å². The number of carboxylic acid groups (broad SMARTS) is 1. The summed E-state index contributed by atoms with van der Waals surface area (Å²) in [7, 11) is 0. The quantitative estimate of drug-likeness (QED) is 0.318. The highest BCUT2D eigenvalue weighted by molar-refractivity contribution is 7.97. The number of rotatable bonds is 7. The predicted molar refractivity (Wildman–Crippen MR) is 128 cm³/mol. The first kappa shape index (κ1) is 27.4. The van der Waals surface area contributed by atoms with Crippen LogP contribution in [0.1, 0.15) is 52.0 Å². The molecular weight excluding hydrogens is 431 g/mol. The van der Waals surface area contributed by atoms with Crippen LogP contribution in [0.15, 0.2) is 46.5 Å². The fraction of sp³-hybridized carbons (Fsp3) is 0.435. The summed E-state index contributed by atoms with van der Waals surface area (Å²) >= 11 is 1.63. The van der Waals surface area contributed by atoms with Crippen molar-refractivity contribution < 1.29 is 19.4 Å². The molecule has 1 heterocycles. The molecule has 2 aliphatic rings. The third kappa shape index (κ3) is 8.84. The largest absolute Gasteiger partial charge is 0.481 e. The molecule has 0 bridgehead atoms. The number of hydrogen-bond acceptors (Lipinski definition) is 7. The van der Waals surface area contributed by atoms with Crippen molar-refractivity contribution in [1.29, 1.82) is 10.8 Å². The number of nitrogens with zero attached hydrogens (tertiary/aromatic N) is 1. The minimum Gasteiger partial charge on any atom is -0.481 e. The molecule has 0 amide bonds. The summed E-state index contributed by atoms with van der Waals surface area (Å²) < 4.78 is 14.3. The standard InChI is InChI=1S/C12H15FN2OS.C9H12N2O2.C2H6/c1-9-4-5-15(8-9)17-12-3-2-11(16-13)6-10(12)7-14;10-7-4-2-1-3-6(7)8(11)5-9(12)13;1-2/h2-3,6-7,9,14H,4-5,8H2,1H3;3-4,11H,1-2,5,10H2,(H,12,13);1-2H3/t9-;;/m0../s1. The molecule has 0 saturated carbocycles. The molecule has 7 nitrogen and oxygen atoms in total. The van der Waals surface area contributed by atoms with Crippen molar-refractivity contribution in [1.82, 2.24) is 4.31 Å².